The van der Waals surface area contributed by atoms with Crippen LogP contribution in [0.15, 0.2) is 30.3 Å². The van der Waals surface area contributed by atoms with Crippen molar-refractivity contribution in [2.75, 3.05) is 31.6 Å². The van der Waals surface area contributed by atoms with Crippen LogP contribution in [0.1, 0.15) is 5.56 Å². The lowest BCUT2D eigenvalue weighted by molar-refractivity contribution is 0.171. The predicted molar refractivity (Wildman–Crippen MR) is 81.7 cm³/mol. The molecule has 2 aromatic carbocycles. The zero-order chi connectivity index (χ0) is 15.2. The molecule has 3 aliphatic heterocycles. The topological polar surface area (TPSA) is 49.4 Å². The Hall–Kier alpha value is -2.76. The van der Waals surface area contributed by atoms with Crippen LogP contribution in [-0.2, 0) is 6.54 Å². The van der Waals surface area contributed by atoms with E-state index >= 15 is 0 Å². The fourth-order valence-corrected chi connectivity index (χ4v) is 3.02. The molecule has 3 heterocycles. The van der Waals surface area contributed by atoms with Gasteiger partial charge in [-0.2, -0.15) is 0 Å². The first-order valence-electron chi connectivity index (χ1n) is 7.57. The Morgan fingerprint density at radius 2 is 1.48 bits per heavy atom. The van der Waals surface area contributed by atoms with E-state index in [0.29, 0.717) is 19.9 Å². The first-order valence-corrected chi connectivity index (χ1v) is 7.57. The molecule has 0 radical (unpaired) electrons. The van der Waals surface area contributed by atoms with Gasteiger partial charge in [0.15, 0.2) is 29.7 Å². The van der Waals surface area contributed by atoms with E-state index in [9.17, 15) is 0 Å². The molecule has 0 amide bonds. The van der Waals surface area contributed by atoms with Gasteiger partial charge in [0.1, 0.15) is 19.0 Å². The summed E-state index contributed by atoms with van der Waals surface area (Å²) in [5.74, 6) is 3.95. The highest BCUT2D eigenvalue weighted by atomic mass is 16.7. The largest absolute Gasteiger partial charge is 0.486 e. The minimum atomic E-state index is 0.268. The van der Waals surface area contributed by atoms with Gasteiger partial charge in [0.25, 0.3) is 0 Å². The highest BCUT2D eigenvalue weighted by Crippen LogP contribution is 2.41. The summed E-state index contributed by atoms with van der Waals surface area (Å²) >= 11 is 0. The minimum Gasteiger partial charge on any atom is -0.486 e. The molecule has 6 nitrogen and oxygen atoms in total. The Bertz CT molecular complexity index is 776. The van der Waals surface area contributed by atoms with Crippen molar-refractivity contribution in [2.45, 2.75) is 6.54 Å². The number of hydrogen-bond donors (Lipinski definition) is 0. The third-order valence-corrected chi connectivity index (χ3v) is 4.18. The van der Waals surface area contributed by atoms with E-state index < -0.39 is 0 Å². The maximum atomic E-state index is 5.88. The molecule has 118 valence electrons. The molecular formula is C17H15NO5. The standard InChI is InChI=1S/C17H15NO5/c1-2-13-16(20-4-3-19-13)6-12(1)18-8-11-5-15-17(23-10-22-15)7-14(11)21-9-18/h1-2,5-7H,3-4,8-10H2. The number of fused-ring (bicyclic) bond motifs is 3. The number of anilines is 1. The number of benzene rings is 2. The molecule has 23 heavy (non-hydrogen) atoms. The molecular weight excluding hydrogens is 298 g/mol. The summed E-state index contributed by atoms with van der Waals surface area (Å²) in [6.07, 6.45) is 0. The third kappa shape index (κ3) is 2.10. The third-order valence-electron chi connectivity index (χ3n) is 4.18. The van der Waals surface area contributed by atoms with Crippen molar-refractivity contribution in [1.82, 2.24) is 0 Å². The average Bonchev–Trinajstić information content (AvgIpc) is 3.06. The number of ether oxygens (including phenoxy) is 5. The zero-order valence-electron chi connectivity index (χ0n) is 12.4. The van der Waals surface area contributed by atoms with E-state index in [1.165, 1.54) is 0 Å². The first-order chi connectivity index (χ1) is 11.4. The van der Waals surface area contributed by atoms with Crippen LogP contribution in [-0.4, -0.2) is 26.7 Å². The van der Waals surface area contributed by atoms with Crippen LogP contribution in [0.4, 0.5) is 5.69 Å². The van der Waals surface area contributed by atoms with E-state index in [-0.39, 0.29) is 6.79 Å². The lowest BCUT2D eigenvalue weighted by Crippen LogP contribution is -2.31. The van der Waals surface area contributed by atoms with Gasteiger partial charge >= 0.3 is 0 Å². The van der Waals surface area contributed by atoms with Gasteiger partial charge in [0.2, 0.25) is 6.79 Å². The van der Waals surface area contributed by atoms with E-state index in [1.54, 1.807) is 0 Å². The molecule has 6 heteroatoms. The SMILES string of the molecule is c1cc2c(cc1N1COc3cc4c(cc3C1)OCO4)OCCO2. The number of rotatable bonds is 1. The minimum absolute atomic E-state index is 0.268. The van der Waals surface area contributed by atoms with Crippen LogP contribution < -0.4 is 28.6 Å². The van der Waals surface area contributed by atoms with Crippen molar-refractivity contribution in [3.8, 4) is 28.7 Å². The molecule has 0 aromatic heterocycles. The van der Waals surface area contributed by atoms with E-state index in [2.05, 4.69) is 4.90 Å². The van der Waals surface area contributed by atoms with Crippen molar-refractivity contribution in [3.05, 3.63) is 35.9 Å². The smallest absolute Gasteiger partial charge is 0.231 e. The van der Waals surface area contributed by atoms with Crippen LogP contribution in [0.25, 0.3) is 0 Å². The van der Waals surface area contributed by atoms with Crippen LogP contribution >= 0.6 is 0 Å². The quantitative estimate of drug-likeness (QED) is 0.806. The lowest BCUT2D eigenvalue weighted by atomic mass is 10.1. The normalized spacial score (nSPS) is 17.5. The molecule has 2 aromatic rings. The van der Waals surface area contributed by atoms with Gasteiger partial charge in [-0.15, -0.1) is 0 Å². The van der Waals surface area contributed by atoms with E-state index in [0.717, 1.165) is 46.5 Å². The Morgan fingerprint density at radius 1 is 0.696 bits per heavy atom. The second kappa shape index (κ2) is 4.87. The Balaban J connectivity index is 1.45. The molecule has 0 aliphatic carbocycles. The molecule has 0 saturated carbocycles. The van der Waals surface area contributed by atoms with Crippen LogP contribution in [0.2, 0.25) is 0 Å². The van der Waals surface area contributed by atoms with Crippen molar-refractivity contribution in [1.29, 1.82) is 0 Å². The van der Waals surface area contributed by atoms with Crippen molar-refractivity contribution in [2.24, 2.45) is 0 Å². The Kier molecular flexibility index (Phi) is 2.70. The van der Waals surface area contributed by atoms with Gasteiger partial charge < -0.3 is 28.6 Å². The molecule has 0 saturated heterocycles. The van der Waals surface area contributed by atoms with Crippen molar-refractivity contribution < 1.29 is 23.7 Å². The molecule has 0 fully saturated rings. The van der Waals surface area contributed by atoms with Gasteiger partial charge in [-0.25, -0.2) is 0 Å². The molecule has 3 aliphatic rings. The summed E-state index contributed by atoms with van der Waals surface area (Å²) in [7, 11) is 0. The van der Waals surface area contributed by atoms with Crippen molar-refractivity contribution in [3.63, 3.8) is 0 Å². The summed E-state index contributed by atoms with van der Waals surface area (Å²) < 4.78 is 27.9. The van der Waals surface area contributed by atoms with E-state index in [1.807, 2.05) is 30.3 Å². The maximum Gasteiger partial charge on any atom is 0.231 e. The van der Waals surface area contributed by atoms with E-state index in [4.69, 9.17) is 23.7 Å². The highest BCUT2D eigenvalue weighted by molar-refractivity contribution is 5.59. The van der Waals surface area contributed by atoms with Crippen molar-refractivity contribution >= 4 is 5.69 Å². The predicted octanol–water partition coefficient (Wildman–Crippen LogP) is 2.54. The fourth-order valence-electron chi connectivity index (χ4n) is 3.02. The van der Waals surface area contributed by atoms with Gasteiger partial charge in [0, 0.05) is 29.9 Å². The highest BCUT2D eigenvalue weighted by Gasteiger charge is 2.24. The first kappa shape index (κ1) is 12.8. The summed E-state index contributed by atoms with van der Waals surface area (Å²) in [5.41, 5.74) is 2.12. The number of hydrogen-bond acceptors (Lipinski definition) is 6. The van der Waals surface area contributed by atoms with Gasteiger partial charge in [-0.1, -0.05) is 0 Å². The molecule has 0 N–H and O–H groups in total. The Morgan fingerprint density at radius 3 is 2.39 bits per heavy atom. The molecule has 0 spiro atoms. The zero-order valence-corrected chi connectivity index (χ0v) is 12.4. The average molecular weight is 313 g/mol. The summed E-state index contributed by atoms with van der Waals surface area (Å²) in [6.45, 7) is 2.67. The summed E-state index contributed by atoms with van der Waals surface area (Å²) in [5, 5.41) is 0. The van der Waals surface area contributed by atoms with Gasteiger partial charge in [-0.05, 0) is 18.2 Å². The molecule has 0 atom stereocenters. The molecule has 0 bridgehead atoms. The monoisotopic (exact) mass is 313 g/mol. The second-order valence-electron chi connectivity index (χ2n) is 5.61. The van der Waals surface area contributed by atoms with Gasteiger partial charge in [-0.3, -0.25) is 0 Å². The van der Waals surface area contributed by atoms with Crippen LogP contribution in [0.5, 0.6) is 28.7 Å². The lowest BCUT2D eigenvalue weighted by Gasteiger charge is -2.31. The Labute approximate surface area is 133 Å². The van der Waals surface area contributed by atoms with Crippen LogP contribution in [0, 0.1) is 0 Å². The van der Waals surface area contributed by atoms with Gasteiger partial charge in [0.05, 0.1) is 0 Å². The molecule has 0 unspecified atom stereocenters. The van der Waals surface area contributed by atoms with Crippen LogP contribution in [0.3, 0.4) is 0 Å². The molecule has 5 rings (SSSR count). The fraction of sp³-hybridized carbons (Fsp3) is 0.294. The number of nitrogens with zero attached hydrogens (tertiary/aromatic N) is 1. The summed E-state index contributed by atoms with van der Waals surface area (Å²) in [4.78, 5) is 2.14. The second-order valence-corrected chi connectivity index (χ2v) is 5.61. The maximum absolute atomic E-state index is 5.88. The summed E-state index contributed by atoms with van der Waals surface area (Å²) in [6, 6.07) is 9.85.